The van der Waals surface area contributed by atoms with Gasteiger partial charge in [-0.1, -0.05) is 12.1 Å². The molecule has 0 radical (unpaired) electrons. The normalized spacial score (nSPS) is 14.6. The molecule has 4 heterocycles. The molecule has 1 aliphatic rings. The molecule has 0 spiro atoms. The Hall–Kier alpha value is -3.62. The van der Waals surface area contributed by atoms with Crippen molar-refractivity contribution in [3.8, 4) is 5.88 Å². The average Bonchev–Trinajstić information content (AvgIpc) is 3.25. The molecule has 0 aromatic carbocycles. The number of esters is 1. The molecule has 0 saturated carbocycles. The van der Waals surface area contributed by atoms with Gasteiger partial charge >= 0.3 is 12.1 Å². The first-order chi connectivity index (χ1) is 17.2. The number of aromatic nitrogens is 3. The van der Waals surface area contributed by atoms with Crippen molar-refractivity contribution in [2.45, 2.75) is 65.1 Å². The highest BCUT2D eigenvalue weighted by Crippen LogP contribution is 2.29. The number of hydrogen-bond donors (Lipinski definition) is 0. The van der Waals surface area contributed by atoms with Crippen molar-refractivity contribution in [3.63, 3.8) is 0 Å². The summed E-state index contributed by atoms with van der Waals surface area (Å²) in [7, 11) is 0. The minimum absolute atomic E-state index is 0.131. The number of piperidine rings is 1. The van der Waals surface area contributed by atoms with Crippen LogP contribution in [-0.2, 0) is 27.3 Å². The van der Waals surface area contributed by atoms with Gasteiger partial charge in [-0.3, -0.25) is 4.79 Å². The topological polar surface area (TPSA) is 95.3 Å². The van der Waals surface area contributed by atoms with Gasteiger partial charge in [0.05, 0.1) is 24.2 Å². The molecule has 1 fully saturated rings. The van der Waals surface area contributed by atoms with Gasteiger partial charge in [0.15, 0.2) is 0 Å². The van der Waals surface area contributed by atoms with Crippen molar-refractivity contribution in [1.82, 2.24) is 19.5 Å². The number of ether oxygens (including phenoxy) is 3. The molecule has 1 saturated heterocycles. The van der Waals surface area contributed by atoms with Crippen molar-refractivity contribution in [1.29, 1.82) is 0 Å². The fourth-order valence-electron chi connectivity index (χ4n) is 4.27. The largest absolute Gasteiger partial charge is 0.473 e. The van der Waals surface area contributed by atoms with Crippen molar-refractivity contribution < 1.29 is 23.8 Å². The van der Waals surface area contributed by atoms with Gasteiger partial charge in [0, 0.05) is 42.5 Å². The maximum absolute atomic E-state index is 12.3. The van der Waals surface area contributed by atoms with Crippen molar-refractivity contribution in [3.05, 3.63) is 59.5 Å². The SMILES string of the molecule is CCOC(=O)Cc1cc2c(COc3cccc(C4CCN(C(=O)OC(C)(C)C)CC4)n3)cccn2n1. The lowest BCUT2D eigenvalue weighted by Crippen LogP contribution is -2.41. The number of hydrogen-bond acceptors (Lipinski definition) is 7. The maximum Gasteiger partial charge on any atom is 0.410 e. The van der Waals surface area contributed by atoms with Crippen LogP contribution in [-0.4, -0.2) is 56.9 Å². The van der Waals surface area contributed by atoms with Crippen LogP contribution in [0.25, 0.3) is 5.52 Å². The number of carbonyl (C=O) groups excluding carboxylic acids is 2. The smallest absolute Gasteiger partial charge is 0.410 e. The first kappa shape index (κ1) is 25.5. The molecule has 0 aliphatic carbocycles. The number of fused-ring (bicyclic) bond motifs is 1. The molecule has 1 aliphatic heterocycles. The minimum atomic E-state index is -0.495. The first-order valence-corrected chi connectivity index (χ1v) is 12.4. The van der Waals surface area contributed by atoms with Gasteiger partial charge in [0.1, 0.15) is 12.2 Å². The number of amides is 1. The van der Waals surface area contributed by atoms with Crippen LogP contribution in [0, 0.1) is 0 Å². The molecule has 3 aromatic rings. The Kier molecular flexibility index (Phi) is 7.76. The standard InChI is InChI=1S/C27H34N4O5/c1-5-34-25(32)17-21-16-23-20(8-7-13-31(23)29-21)18-35-24-10-6-9-22(28-24)19-11-14-30(15-12-19)26(33)36-27(2,3)4/h6-10,13,16,19H,5,11-12,14-15,17-18H2,1-4H3. The fourth-order valence-corrected chi connectivity index (χ4v) is 4.27. The molecule has 4 rings (SSSR count). The van der Waals surface area contributed by atoms with E-state index in [0.29, 0.717) is 37.9 Å². The predicted octanol–water partition coefficient (Wildman–Crippen LogP) is 4.53. The summed E-state index contributed by atoms with van der Waals surface area (Å²) in [5, 5.41) is 4.47. The number of pyridine rings is 2. The maximum atomic E-state index is 12.3. The van der Waals surface area contributed by atoms with E-state index in [-0.39, 0.29) is 24.4 Å². The van der Waals surface area contributed by atoms with Crippen molar-refractivity contribution >= 4 is 17.6 Å². The van der Waals surface area contributed by atoms with Gasteiger partial charge in [0.2, 0.25) is 5.88 Å². The van der Waals surface area contributed by atoms with E-state index in [1.807, 2.05) is 63.4 Å². The summed E-state index contributed by atoms with van der Waals surface area (Å²) in [5.74, 6) is 0.517. The van der Waals surface area contributed by atoms with Gasteiger partial charge < -0.3 is 19.1 Å². The van der Waals surface area contributed by atoms with Gasteiger partial charge in [-0.15, -0.1) is 0 Å². The van der Waals surface area contributed by atoms with E-state index >= 15 is 0 Å². The Balaban J connectivity index is 1.37. The third-order valence-corrected chi connectivity index (χ3v) is 5.96. The van der Waals surface area contributed by atoms with Gasteiger partial charge in [-0.25, -0.2) is 14.3 Å². The summed E-state index contributed by atoms with van der Waals surface area (Å²) in [6, 6.07) is 11.6. The molecule has 0 unspecified atom stereocenters. The minimum Gasteiger partial charge on any atom is -0.473 e. The van der Waals surface area contributed by atoms with Crippen LogP contribution in [0.4, 0.5) is 4.79 Å². The van der Waals surface area contributed by atoms with Crippen LogP contribution in [0.1, 0.15) is 63.4 Å². The number of rotatable bonds is 7. The zero-order chi connectivity index (χ0) is 25.7. The van der Waals surface area contributed by atoms with Crippen LogP contribution < -0.4 is 4.74 Å². The second-order valence-electron chi connectivity index (χ2n) is 9.91. The zero-order valence-corrected chi connectivity index (χ0v) is 21.4. The van der Waals surface area contributed by atoms with Crippen molar-refractivity contribution in [2.24, 2.45) is 0 Å². The fraction of sp³-hybridized carbons (Fsp3) is 0.481. The lowest BCUT2D eigenvalue weighted by atomic mass is 9.93. The average molecular weight is 495 g/mol. The Morgan fingerprint density at radius 1 is 1.11 bits per heavy atom. The molecule has 9 nitrogen and oxygen atoms in total. The molecule has 1 amide bonds. The van der Waals surface area contributed by atoms with Crippen LogP contribution in [0.2, 0.25) is 0 Å². The van der Waals surface area contributed by atoms with Gasteiger partial charge in [-0.05, 0) is 58.7 Å². The van der Waals surface area contributed by atoms with Crippen LogP contribution in [0.5, 0.6) is 5.88 Å². The molecular formula is C27H34N4O5. The Labute approximate surface area is 211 Å². The number of carbonyl (C=O) groups is 2. The molecule has 0 atom stereocenters. The van der Waals surface area contributed by atoms with Crippen LogP contribution in [0.3, 0.4) is 0 Å². The number of likely N-dealkylation sites (tertiary alicyclic amines) is 1. The van der Waals surface area contributed by atoms with E-state index in [2.05, 4.69) is 5.10 Å². The molecule has 36 heavy (non-hydrogen) atoms. The molecule has 192 valence electrons. The van der Waals surface area contributed by atoms with E-state index in [9.17, 15) is 9.59 Å². The number of nitrogens with zero attached hydrogens (tertiary/aromatic N) is 4. The van der Waals surface area contributed by atoms with E-state index in [0.717, 1.165) is 29.6 Å². The third-order valence-electron chi connectivity index (χ3n) is 5.96. The summed E-state index contributed by atoms with van der Waals surface area (Å²) in [5.41, 5.74) is 2.94. The van der Waals surface area contributed by atoms with Crippen LogP contribution >= 0.6 is 0 Å². The highest BCUT2D eigenvalue weighted by molar-refractivity contribution is 5.73. The predicted molar refractivity (Wildman–Crippen MR) is 134 cm³/mol. The molecule has 9 heteroatoms. The van der Waals surface area contributed by atoms with Gasteiger partial charge in [-0.2, -0.15) is 5.10 Å². The second kappa shape index (κ2) is 11.0. The van der Waals surface area contributed by atoms with Crippen molar-refractivity contribution in [2.75, 3.05) is 19.7 Å². The highest BCUT2D eigenvalue weighted by Gasteiger charge is 2.28. The second-order valence-corrected chi connectivity index (χ2v) is 9.91. The van der Waals surface area contributed by atoms with Crippen LogP contribution in [0.15, 0.2) is 42.6 Å². The Bertz CT molecular complexity index is 1210. The summed E-state index contributed by atoms with van der Waals surface area (Å²) < 4.78 is 18.3. The van der Waals surface area contributed by atoms with E-state index in [1.165, 1.54) is 0 Å². The Morgan fingerprint density at radius 2 is 1.89 bits per heavy atom. The zero-order valence-electron chi connectivity index (χ0n) is 21.4. The highest BCUT2D eigenvalue weighted by atomic mass is 16.6. The van der Waals surface area contributed by atoms with Gasteiger partial charge in [0.25, 0.3) is 0 Å². The molecular weight excluding hydrogens is 460 g/mol. The lowest BCUT2D eigenvalue weighted by molar-refractivity contribution is -0.142. The summed E-state index contributed by atoms with van der Waals surface area (Å²) in [6.45, 7) is 9.37. The molecule has 0 bridgehead atoms. The summed E-state index contributed by atoms with van der Waals surface area (Å²) >= 11 is 0. The summed E-state index contributed by atoms with van der Waals surface area (Å²) in [4.78, 5) is 30.7. The molecule has 0 N–H and O–H groups in total. The molecule has 3 aromatic heterocycles. The first-order valence-electron chi connectivity index (χ1n) is 12.4. The monoisotopic (exact) mass is 494 g/mol. The third kappa shape index (κ3) is 6.53. The quantitative estimate of drug-likeness (QED) is 0.445. The van der Waals surface area contributed by atoms with E-state index in [4.69, 9.17) is 19.2 Å². The lowest BCUT2D eigenvalue weighted by Gasteiger charge is -2.33. The Morgan fingerprint density at radius 3 is 2.61 bits per heavy atom. The van der Waals surface area contributed by atoms with E-state index < -0.39 is 5.60 Å². The summed E-state index contributed by atoms with van der Waals surface area (Å²) in [6.07, 6.45) is 3.37. The van der Waals surface area contributed by atoms with E-state index in [1.54, 1.807) is 16.3 Å².